The van der Waals surface area contributed by atoms with Crippen LogP contribution in [0, 0.1) is 5.82 Å². The molecule has 0 bridgehead atoms. The summed E-state index contributed by atoms with van der Waals surface area (Å²) in [5.74, 6) is 0.298. The normalized spacial score (nSPS) is 11.0. The zero-order chi connectivity index (χ0) is 17.9. The first-order valence-electron chi connectivity index (χ1n) is 8.21. The highest BCUT2D eigenvalue weighted by Gasteiger charge is 2.14. The van der Waals surface area contributed by atoms with E-state index in [4.69, 9.17) is 4.42 Å². The standard InChI is InChI=1S/C20H16FN3O2/c21-15-7-2-1-6-14(15)13-24-17-9-4-3-8-16(17)23-19(24)12-22-20(25)18-10-5-11-26-18/h1-11H,12-13H2,(H,22,25). The largest absolute Gasteiger partial charge is 0.459 e. The van der Waals surface area contributed by atoms with Crippen molar-refractivity contribution in [3.8, 4) is 0 Å². The van der Waals surface area contributed by atoms with Crippen LogP contribution in [-0.2, 0) is 13.1 Å². The quantitative estimate of drug-likeness (QED) is 0.597. The first-order chi connectivity index (χ1) is 12.7. The van der Waals surface area contributed by atoms with E-state index in [1.54, 1.807) is 30.3 Å². The number of nitrogens with zero attached hydrogens (tertiary/aromatic N) is 2. The van der Waals surface area contributed by atoms with Crippen molar-refractivity contribution in [2.45, 2.75) is 13.1 Å². The predicted octanol–water partition coefficient (Wildman–Crippen LogP) is 3.75. The third-order valence-corrected chi connectivity index (χ3v) is 4.17. The first kappa shape index (κ1) is 16.1. The second kappa shape index (κ2) is 6.84. The van der Waals surface area contributed by atoms with Gasteiger partial charge < -0.3 is 14.3 Å². The molecule has 0 atom stereocenters. The van der Waals surface area contributed by atoms with E-state index >= 15 is 0 Å². The predicted molar refractivity (Wildman–Crippen MR) is 95.1 cm³/mol. The van der Waals surface area contributed by atoms with E-state index in [2.05, 4.69) is 10.3 Å². The molecule has 0 unspecified atom stereocenters. The summed E-state index contributed by atoms with van der Waals surface area (Å²) in [6, 6.07) is 17.5. The Balaban J connectivity index is 1.65. The van der Waals surface area contributed by atoms with E-state index in [9.17, 15) is 9.18 Å². The Morgan fingerprint density at radius 3 is 2.69 bits per heavy atom. The molecule has 2 aromatic carbocycles. The number of furan rings is 1. The number of imidazole rings is 1. The zero-order valence-corrected chi connectivity index (χ0v) is 13.9. The zero-order valence-electron chi connectivity index (χ0n) is 13.9. The van der Waals surface area contributed by atoms with Gasteiger partial charge in [0.15, 0.2) is 5.76 Å². The van der Waals surface area contributed by atoms with Gasteiger partial charge in [0.2, 0.25) is 0 Å². The summed E-state index contributed by atoms with van der Waals surface area (Å²) in [5, 5.41) is 2.79. The molecule has 2 aromatic heterocycles. The molecular formula is C20H16FN3O2. The van der Waals surface area contributed by atoms with Gasteiger partial charge in [-0.15, -0.1) is 0 Å². The highest BCUT2D eigenvalue weighted by atomic mass is 19.1. The van der Waals surface area contributed by atoms with Crippen LogP contribution in [0.4, 0.5) is 4.39 Å². The number of hydrogen-bond acceptors (Lipinski definition) is 3. The molecule has 0 saturated heterocycles. The first-order valence-corrected chi connectivity index (χ1v) is 8.21. The van der Waals surface area contributed by atoms with E-state index < -0.39 is 0 Å². The van der Waals surface area contributed by atoms with Crippen LogP contribution in [0.1, 0.15) is 21.9 Å². The molecule has 0 spiro atoms. The maximum absolute atomic E-state index is 14.1. The minimum Gasteiger partial charge on any atom is -0.459 e. The van der Waals surface area contributed by atoms with E-state index in [1.165, 1.54) is 12.3 Å². The Hall–Kier alpha value is -3.41. The Kier molecular flexibility index (Phi) is 4.23. The van der Waals surface area contributed by atoms with E-state index in [0.29, 0.717) is 17.9 Å². The minimum absolute atomic E-state index is 0.211. The molecule has 5 nitrogen and oxygen atoms in total. The molecule has 2 heterocycles. The third-order valence-electron chi connectivity index (χ3n) is 4.17. The molecule has 0 aliphatic heterocycles. The van der Waals surface area contributed by atoms with Gasteiger partial charge in [-0.2, -0.15) is 0 Å². The van der Waals surface area contributed by atoms with E-state index in [1.807, 2.05) is 28.8 Å². The summed E-state index contributed by atoms with van der Waals surface area (Å²) >= 11 is 0. The Bertz CT molecular complexity index is 1050. The van der Waals surface area contributed by atoms with Crippen LogP contribution in [0.25, 0.3) is 11.0 Å². The number of rotatable bonds is 5. The summed E-state index contributed by atoms with van der Waals surface area (Å²) in [5.41, 5.74) is 2.25. The van der Waals surface area contributed by atoms with Crippen molar-refractivity contribution >= 4 is 16.9 Å². The highest BCUT2D eigenvalue weighted by molar-refractivity contribution is 5.91. The molecule has 0 aliphatic rings. The fourth-order valence-corrected chi connectivity index (χ4v) is 2.89. The average Bonchev–Trinajstić information content (AvgIpc) is 3.30. The minimum atomic E-state index is -0.320. The molecule has 4 aromatic rings. The van der Waals surface area contributed by atoms with Gasteiger partial charge in [-0.3, -0.25) is 4.79 Å². The van der Waals surface area contributed by atoms with Crippen molar-refractivity contribution in [3.63, 3.8) is 0 Å². The van der Waals surface area contributed by atoms with Crippen LogP contribution in [-0.4, -0.2) is 15.5 Å². The lowest BCUT2D eigenvalue weighted by molar-refractivity contribution is 0.0922. The van der Waals surface area contributed by atoms with Gasteiger partial charge in [0.1, 0.15) is 11.6 Å². The van der Waals surface area contributed by atoms with E-state index in [-0.39, 0.29) is 24.0 Å². The van der Waals surface area contributed by atoms with Gasteiger partial charge in [-0.05, 0) is 30.3 Å². The lowest BCUT2D eigenvalue weighted by atomic mass is 10.2. The molecule has 0 aliphatic carbocycles. The average molecular weight is 349 g/mol. The molecule has 0 radical (unpaired) electrons. The topological polar surface area (TPSA) is 60.1 Å². The second-order valence-electron chi connectivity index (χ2n) is 5.85. The summed E-state index contributed by atoms with van der Waals surface area (Å²) in [6.45, 7) is 0.543. The highest BCUT2D eigenvalue weighted by Crippen LogP contribution is 2.19. The number of nitrogens with one attached hydrogen (secondary N) is 1. The molecule has 4 rings (SSSR count). The van der Waals surface area contributed by atoms with Crippen LogP contribution in [0.3, 0.4) is 0 Å². The third kappa shape index (κ3) is 3.09. The number of hydrogen-bond donors (Lipinski definition) is 1. The van der Waals surface area contributed by atoms with Gasteiger partial charge in [0.25, 0.3) is 5.91 Å². The lowest BCUT2D eigenvalue weighted by Gasteiger charge is -2.10. The number of para-hydroxylation sites is 2. The maximum Gasteiger partial charge on any atom is 0.287 e. The van der Waals surface area contributed by atoms with Crippen molar-refractivity contribution in [2.75, 3.05) is 0 Å². The summed E-state index contributed by atoms with van der Waals surface area (Å²) in [7, 11) is 0. The van der Waals surface area contributed by atoms with Gasteiger partial charge in [0.05, 0.1) is 30.4 Å². The van der Waals surface area contributed by atoms with Gasteiger partial charge in [0, 0.05) is 5.56 Å². The number of halogens is 1. The number of aromatic nitrogens is 2. The molecule has 6 heteroatoms. The van der Waals surface area contributed by atoms with Gasteiger partial charge in [-0.1, -0.05) is 30.3 Å². The van der Waals surface area contributed by atoms with Crippen LogP contribution in [0.15, 0.2) is 71.3 Å². The molecule has 1 N–H and O–H groups in total. The second-order valence-corrected chi connectivity index (χ2v) is 5.85. The lowest BCUT2D eigenvalue weighted by Crippen LogP contribution is -2.24. The smallest absolute Gasteiger partial charge is 0.287 e. The number of fused-ring (bicyclic) bond motifs is 1. The summed E-state index contributed by atoms with van der Waals surface area (Å²) in [4.78, 5) is 16.7. The Morgan fingerprint density at radius 1 is 1.08 bits per heavy atom. The molecule has 26 heavy (non-hydrogen) atoms. The number of carbonyl (C=O) groups is 1. The van der Waals surface area contributed by atoms with Crippen LogP contribution >= 0.6 is 0 Å². The van der Waals surface area contributed by atoms with Gasteiger partial charge in [-0.25, -0.2) is 9.37 Å². The molecule has 0 fully saturated rings. The Labute approximate surface area is 149 Å². The Morgan fingerprint density at radius 2 is 1.88 bits per heavy atom. The van der Waals surface area contributed by atoms with Crippen molar-refractivity contribution in [2.24, 2.45) is 0 Å². The van der Waals surface area contributed by atoms with Crippen molar-refractivity contribution in [3.05, 3.63) is 89.9 Å². The van der Waals surface area contributed by atoms with Crippen molar-refractivity contribution < 1.29 is 13.6 Å². The summed E-state index contributed by atoms with van der Waals surface area (Å²) < 4.78 is 21.1. The van der Waals surface area contributed by atoms with Crippen molar-refractivity contribution in [1.29, 1.82) is 0 Å². The molecule has 130 valence electrons. The fourth-order valence-electron chi connectivity index (χ4n) is 2.89. The maximum atomic E-state index is 14.1. The SMILES string of the molecule is O=C(NCc1nc2ccccc2n1Cc1ccccc1F)c1ccco1. The summed E-state index contributed by atoms with van der Waals surface area (Å²) in [6.07, 6.45) is 1.45. The van der Waals surface area contributed by atoms with Crippen molar-refractivity contribution in [1.82, 2.24) is 14.9 Å². The van der Waals surface area contributed by atoms with E-state index in [0.717, 1.165) is 11.0 Å². The number of carbonyl (C=O) groups excluding carboxylic acids is 1. The number of benzene rings is 2. The van der Waals surface area contributed by atoms with Crippen LogP contribution < -0.4 is 5.32 Å². The van der Waals surface area contributed by atoms with Crippen LogP contribution in [0.2, 0.25) is 0 Å². The fraction of sp³-hybridized carbons (Fsp3) is 0.100. The number of amides is 1. The van der Waals surface area contributed by atoms with Crippen LogP contribution in [0.5, 0.6) is 0 Å². The molecular weight excluding hydrogens is 333 g/mol. The molecule has 0 saturated carbocycles. The monoisotopic (exact) mass is 349 g/mol. The van der Waals surface area contributed by atoms with Gasteiger partial charge >= 0.3 is 0 Å². The molecule has 1 amide bonds.